The standard InChI is InChI=1S/C16H26N2O/c1-3-10-17-12-14-7-4-5-9-16(14)18-11-6-8-15(13-18)19-2/h4-5,7,9,15,17H,3,6,8,10-13H2,1-2H3. The van der Waals surface area contributed by atoms with Crippen LogP contribution >= 0.6 is 0 Å². The summed E-state index contributed by atoms with van der Waals surface area (Å²) >= 11 is 0. The van der Waals surface area contributed by atoms with Crippen molar-refractivity contribution in [3.8, 4) is 0 Å². The van der Waals surface area contributed by atoms with Gasteiger partial charge in [-0.2, -0.15) is 0 Å². The second kappa shape index (κ2) is 7.51. The number of benzene rings is 1. The maximum absolute atomic E-state index is 5.52. The normalized spacial score (nSPS) is 19.7. The summed E-state index contributed by atoms with van der Waals surface area (Å²) in [6.07, 6.45) is 3.96. The highest BCUT2D eigenvalue weighted by Crippen LogP contribution is 2.24. The summed E-state index contributed by atoms with van der Waals surface area (Å²) in [4.78, 5) is 2.47. The van der Waals surface area contributed by atoms with Gasteiger partial charge in [0.25, 0.3) is 0 Å². The minimum atomic E-state index is 0.380. The molecule has 1 heterocycles. The van der Waals surface area contributed by atoms with Crippen molar-refractivity contribution in [2.75, 3.05) is 31.6 Å². The molecular weight excluding hydrogens is 236 g/mol. The Morgan fingerprint density at radius 3 is 3.00 bits per heavy atom. The molecule has 0 bridgehead atoms. The van der Waals surface area contributed by atoms with E-state index in [9.17, 15) is 0 Å². The molecule has 0 amide bonds. The number of nitrogens with zero attached hydrogens (tertiary/aromatic N) is 1. The van der Waals surface area contributed by atoms with E-state index in [0.717, 1.165) is 26.2 Å². The summed E-state index contributed by atoms with van der Waals surface area (Å²) in [6, 6.07) is 8.73. The van der Waals surface area contributed by atoms with Crippen molar-refractivity contribution in [3.05, 3.63) is 29.8 Å². The molecule has 106 valence electrons. The second-order valence-electron chi connectivity index (χ2n) is 5.25. The lowest BCUT2D eigenvalue weighted by Crippen LogP contribution is -2.39. The van der Waals surface area contributed by atoms with Crippen molar-refractivity contribution in [1.82, 2.24) is 5.32 Å². The van der Waals surface area contributed by atoms with E-state index in [4.69, 9.17) is 4.74 Å². The van der Waals surface area contributed by atoms with Gasteiger partial charge >= 0.3 is 0 Å². The van der Waals surface area contributed by atoms with Gasteiger partial charge in [0.05, 0.1) is 6.10 Å². The zero-order chi connectivity index (χ0) is 13.5. The molecule has 1 saturated heterocycles. The van der Waals surface area contributed by atoms with Crippen LogP contribution in [-0.2, 0) is 11.3 Å². The van der Waals surface area contributed by atoms with Gasteiger partial charge in [-0.3, -0.25) is 0 Å². The Morgan fingerprint density at radius 2 is 2.21 bits per heavy atom. The first-order valence-corrected chi connectivity index (χ1v) is 7.41. The summed E-state index contributed by atoms with van der Waals surface area (Å²) < 4.78 is 5.52. The first-order valence-electron chi connectivity index (χ1n) is 7.41. The maximum Gasteiger partial charge on any atom is 0.0746 e. The fraction of sp³-hybridized carbons (Fsp3) is 0.625. The van der Waals surface area contributed by atoms with Gasteiger partial charge in [0.1, 0.15) is 0 Å². The first-order chi connectivity index (χ1) is 9.35. The largest absolute Gasteiger partial charge is 0.380 e. The molecule has 0 spiro atoms. The molecule has 1 fully saturated rings. The van der Waals surface area contributed by atoms with Crippen LogP contribution in [0.25, 0.3) is 0 Å². The lowest BCUT2D eigenvalue weighted by Gasteiger charge is -2.35. The van der Waals surface area contributed by atoms with Gasteiger partial charge in [-0.1, -0.05) is 25.1 Å². The average molecular weight is 262 g/mol. The Hall–Kier alpha value is -1.06. The number of nitrogens with one attached hydrogen (secondary N) is 1. The van der Waals surface area contributed by atoms with E-state index < -0.39 is 0 Å². The number of methoxy groups -OCH3 is 1. The lowest BCUT2D eigenvalue weighted by atomic mass is 10.0. The van der Waals surface area contributed by atoms with E-state index in [-0.39, 0.29) is 0 Å². The summed E-state index contributed by atoms with van der Waals surface area (Å²) in [5.41, 5.74) is 2.76. The highest BCUT2D eigenvalue weighted by molar-refractivity contribution is 5.54. The molecule has 1 aliphatic heterocycles. The third-order valence-corrected chi connectivity index (χ3v) is 3.79. The van der Waals surface area contributed by atoms with E-state index >= 15 is 0 Å². The zero-order valence-electron chi connectivity index (χ0n) is 12.2. The summed E-state index contributed by atoms with van der Waals surface area (Å²) in [5.74, 6) is 0. The summed E-state index contributed by atoms with van der Waals surface area (Å²) in [5, 5.41) is 3.50. The van der Waals surface area contributed by atoms with Crippen molar-refractivity contribution >= 4 is 5.69 Å². The minimum absolute atomic E-state index is 0.380. The SMILES string of the molecule is CCCNCc1ccccc1N1CCCC(OC)C1. The molecular formula is C16H26N2O. The van der Waals surface area contributed by atoms with Crippen molar-refractivity contribution in [2.45, 2.75) is 38.8 Å². The van der Waals surface area contributed by atoms with Crippen LogP contribution in [0.3, 0.4) is 0 Å². The van der Waals surface area contributed by atoms with Gasteiger partial charge in [-0.15, -0.1) is 0 Å². The van der Waals surface area contributed by atoms with Crippen LogP contribution in [0, 0.1) is 0 Å². The van der Waals surface area contributed by atoms with Gasteiger partial charge < -0.3 is 15.0 Å². The topological polar surface area (TPSA) is 24.5 Å². The van der Waals surface area contributed by atoms with Crippen molar-refractivity contribution in [2.24, 2.45) is 0 Å². The number of anilines is 1. The van der Waals surface area contributed by atoms with Crippen molar-refractivity contribution in [3.63, 3.8) is 0 Å². The van der Waals surface area contributed by atoms with Crippen LogP contribution in [-0.4, -0.2) is 32.8 Å². The third kappa shape index (κ3) is 3.95. The van der Waals surface area contributed by atoms with Crippen molar-refractivity contribution in [1.29, 1.82) is 0 Å². The molecule has 19 heavy (non-hydrogen) atoms. The van der Waals surface area contributed by atoms with Gasteiger partial charge in [0.15, 0.2) is 0 Å². The molecule has 1 aromatic rings. The van der Waals surface area contributed by atoms with Crippen molar-refractivity contribution < 1.29 is 4.74 Å². The molecule has 1 atom stereocenters. The van der Waals surface area contributed by atoms with Gasteiger partial charge in [-0.05, 0) is 37.4 Å². The van der Waals surface area contributed by atoms with E-state index in [1.807, 2.05) is 7.11 Å². The van der Waals surface area contributed by atoms with Crippen LogP contribution in [0.15, 0.2) is 24.3 Å². The van der Waals surface area contributed by atoms with Crippen LogP contribution in [0.5, 0.6) is 0 Å². The van der Waals surface area contributed by atoms with E-state index in [1.54, 1.807) is 0 Å². The molecule has 0 aromatic heterocycles. The molecule has 1 N–H and O–H groups in total. The van der Waals surface area contributed by atoms with E-state index in [1.165, 1.54) is 30.5 Å². The molecule has 3 nitrogen and oxygen atoms in total. The quantitative estimate of drug-likeness (QED) is 0.798. The van der Waals surface area contributed by atoms with Crippen LogP contribution in [0.2, 0.25) is 0 Å². The molecule has 1 aromatic carbocycles. The van der Waals surface area contributed by atoms with E-state index in [0.29, 0.717) is 6.10 Å². The number of rotatable bonds is 6. The summed E-state index contributed by atoms with van der Waals surface area (Å²) in [6.45, 7) is 6.39. The summed E-state index contributed by atoms with van der Waals surface area (Å²) in [7, 11) is 1.82. The number of para-hydroxylation sites is 1. The maximum atomic E-state index is 5.52. The predicted octanol–water partition coefficient (Wildman–Crippen LogP) is 2.80. The molecule has 0 saturated carbocycles. The highest BCUT2D eigenvalue weighted by Gasteiger charge is 2.20. The van der Waals surface area contributed by atoms with Crippen LogP contribution in [0.1, 0.15) is 31.7 Å². The Labute approximate surface area is 116 Å². The average Bonchev–Trinajstić information content (AvgIpc) is 2.48. The van der Waals surface area contributed by atoms with Crippen LogP contribution < -0.4 is 10.2 Å². The van der Waals surface area contributed by atoms with Crippen LogP contribution in [0.4, 0.5) is 5.69 Å². The predicted molar refractivity (Wildman–Crippen MR) is 80.7 cm³/mol. The minimum Gasteiger partial charge on any atom is -0.380 e. The number of hydrogen-bond acceptors (Lipinski definition) is 3. The third-order valence-electron chi connectivity index (χ3n) is 3.79. The van der Waals surface area contributed by atoms with Gasteiger partial charge in [-0.25, -0.2) is 0 Å². The Balaban J connectivity index is 2.05. The molecule has 1 aliphatic rings. The molecule has 1 unspecified atom stereocenters. The first kappa shape index (κ1) is 14.4. The molecule has 0 aliphatic carbocycles. The fourth-order valence-electron chi connectivity index (χ4n) is 2.72. The smallest absolute Gasteiger partial charge is 0.0746 e. The Morgan fingerprint density at radius 1 is 1.37 bits per heavy atom. The second-order valence-corrected chi connectivity index (χ2v) is 5.25. The number of ether oxygens (including phenoxy) is 1. The Bertz CT molecular complexity index is 381. The number of piperidine rings is 1. The Kier molecular flexibility index (Phi) is 5.67. The molecule has 2 rings (SSSR count). The monoisotopic (exact) mass is 262 g/mol. The lowest BCUT2D eigenvalue weighted by molar-refractivity contribution is 0.0893. The van der Waals surface area contributed by atoms with Gasteiger partial charge in [0.2, 0.25) is 0 Å². The number of hydrogen-bond donors (Lipinski definition) is 1. The fourth-order valence-corrected chi connectivity index (χ4v) is 2.72. The highest BCUT2D eigenvalue weighted by atomic mass is 16.5. The zero-order valence-corrected chi connectivity index (χ0v) is 12.2. The molecule has 0 radical (unpaired) electrons. The molecule has 3 heteroatoms. The van der Waals surface area contributed by atoms with E-state index in [2.05, 4.69) is 41.4 Å². The van der Waals surface area contributed by atoms with Gasteiger partial charge in [0, 0.05) is 32.4 Å².